The van der Waals surface area contributed by atoms with Crippen LogP contribution in [-0.2, 0) is 20.7 Å². The first kappa shape index (κ1) is 20.6. The lowest BCUT2D eigenvalue weighted by Crippen LogP contribution is -2.38. The van der Waals surface area contributed by atoms with E-state index in [2.05, 4.69) is 14.9 Å². The maximum Gasteiger partial charge on any atom is 0.264 e. The Morgan fingerprint density at radius 2 is 1.90 bits per heavy atom. The third kappa shape index (κ3) is 4.22. The van der Waals surface area contributed by atoms with Crippen LogP contribution < -0.4 is 4.74 Å². The number of nitrogens with zero attached hydrogens (tertiary/aromatic N) is 3. The van der Waals surface area contributed by atoms with Crippen molar-refractivity contribution in [3.8, 4) is 5.88 Å². The van der Waals surface area contributed by atoms with E-state index in [0.29, 0.717) is 11.9 Å². The second kappa shape index (κ2) is 8.33. The highest BCUT2D eigenvalue weighted by molar-refractivity contribution is 7.85. The summed E-state index contributed by atoms with van der Waals surface area (Å²) >= 11 is 1.67. The van der Waals surface area contributed by atoms with Crippen molar-refractivity contribution in [1.29, 1.82) is 0 Å². The predicted molar refractivity (Wildman–Crippen MR) is 117 cm³/mol. The summed E-state index contributed by atoms with van der Waals surface area (Å²) in [5.74, 6) is 0.705. The number of rotatable bonds is 6. The molecule has 2 aromatic rings. The second-order valence-corrected chi connectivity index (χ2v) is 11.5. The Morgan fingerprint density at radius 3 is 2.63 bits per heavy atom. The molecule has 0 amide bonds. The van der Waals surface area contributed by atoms with Gasteiger partial charge in [-0.25, -0.2) is 9.97 Å². The molecule has 2 aliphatic carbocycles. The van der Waals surface area contributed by atoms with Gasteiger partial charge in [-0.3, -0.25) is 4.18 Å². The highest BCUT2D eigenvalue weighted by Gasteiger charge is 2.33. The average molecular weight is 452 g/mol. The molecule has 1 aliphatic heterocycles. The van der Waals surface area contributed by atoms with Gasteiger partial charge in [-0.15, -0.1) is 11.3 Å². The summed E-state index contributed by atoms with van der Waals surface area (Å²) in [6.07, 6.45) is 11.8. The topological polar surface area (TPSA) is 81.6 Å². The summed E-state index contributed by atoms with van der Waals surface area (Å²) in [4.78, 5) is 13.8. The van der Waals surface area contributed by atoms with Crippen LogP contribution in [0, 0.1) is 0 Å². The first-order valence-corrected chi connectivity index (χ1v) is 13.6. The molecule has 3 aliphatic rings. The van der Waals surface area contributed by atoms with Gasteiger partial charge in [0, 0.05) is 16.8 Å². The monoisotopic (exact) mass is 451 g/mol. The fourth-order valence-corrected chi connectivity index (χ4v) is 6.94. The third-order valence-electron chi connectivity index (χ3n) is 6.76. The molecule has 0 bridgehead atoms. The molecule has 0 aromatic carbocycles. The van der Waals surface area contributed by atoms with Crippen molar-refractivity contribution in [1.82, 2.24) is 14.9 Å². The highest BCUT2D eigenvalue weighted by atomic mass is 32.2. The van der Waals surface area contributed by atoms with Gasteiger partial charge < -0.3 is 9.64 Å². The number of ether oxygens (including phenoxy) is 1. The summed E-state index contributed by atoms with van der Waals surface area (Å²) in [5, 5.41) is 0.971. The second-order valence-electron chi connectivity index (χ2n) is 8.81. The summed E-state index contributed by atoms with van der Waals surface area (Å²) in [7, 11) is -3.46. The molecule has 164 valence electrons. The zero-order chi connectivity index (χ0) is 20.7. The largest absolute Gasteiger partial charge is 0.474 e. The molecule has 0 unspecified atom stereocenters. The van der Waals surface area contributed by atoms with Crippen LogP contribution >= 0.6 is 11.3 Å². The van der Waals surface area contributed by atoms with Crippen LogP contribution in [0.4, 0.5) is 0 Å². The molecule has 0 N–H and O–H groups in total. The molecule has 3 heterocycles. The lowest BCUT2D eigenvalue weighted by molar-refractivity contribution is 0.0978. The summed E-state index contributed by atoms with van der Waals surface area (Å²) in [5.41, 5.74) is 1.14. The Labute approximate surface area is 181 Å². The minimum atomic E-state index is -3.46. The van der Waals surface area contributed by atoms with E-state index >= 15 is 0 Å². The van der Waals surface area contributed by atoms with E-state index in [1.165, 1.54) is 43.6 Å². The van der Waals surface area contributed by atoms with Gasteiger partial charge in [-0.2, -0.15) is 8.42 Å². The van der Waals surface area contributed by atoms with Crippen molar-refractivity contribution in [2.24, 2.45) is 0 Å². The number of hydrogen-bond donors (Lipinski definition) is 0. The van der Waals surface area contributed by atoms with Gasteiger partial charge in [-0.1, -0.05) is 0 Å². The smallest absolute Gasteiger partial charge is 0.264 e. The van der Waals surface area contributed by atoms with Crippen molar-refractivity contribution < 1.29 is 17.3 Å². The van der Waals surface area contributed by atoms with E-state index in [4.69, 9.17) is 8.92 Å². The molecule has 1 atom stereocenters. The van der Waals surface area contributed by atoms with Crippen molar-refractivity contribution in [3.63, 3.8) is 0 Å². The van der Waals surface area contributed by atoms with Gasteiger partial charge in [0.15, 0.2) is 0 Å². The molecule has 9 heteroatoms. The minimum absolute atomic E-state index is 0.0442. The quantitative estimate of drug-likeness (QED) is 0.622. The third-order valence-corrected chi connectivity index (χ3v) is 8.50. The zero-order valence-corrected chi connectivity index (χ0v) is 19.0. The van der Waals surface area contributed by atoms with Gasteiger partial charge in [-0.05, 0) is 70.0 Å². The van der Waals surface area contributed by atoms with Crippen LogP contribution in [0.25, 0.3) is 10.2 Å². The molecule has 2 aromatic heterocycles. The Balaban J connectivity index is 1.33. The molecule has 0 radical (unpaired) electrons. The van der Waals surface area contributed by atoms with E-state index < -0.39 is 10.1 Å². The summed E-state index contributed by atoms with van der Waals surface area (Å²) < 4.78 is 34.5. The van der Waals surface area contributed by atoms with Crippen molar-refractivity contribution in [3.05, 3.63) is 16.8 Å². The molecule has 7 nitrogen and oxygen atoms in total. The molecule has 2 fully saturated rings. The van der Waals surface area contributed by atoms with Crippen LogP contribution in [0.3, 0.4) is 0 Å². The normalized spacial score (nSPS) is 27.6. The maximum absolute atomic E-state index is 11.5. The van der Waals surface area contributed by atoms with Gasteiger partial charge in [0.25, 0.3) is 10.1 Å². The van der Waals surface area contributed by atoms with Crippen LogP contribution in [0.1, 0.15) is 61.3 Å². The molecule has 5 rings (SSSR count). The fraction of sp³-hybridized carbons (Fsp3) is 0.714. The summed E-state index contributed by atoms with van der Waals surface area (Å²) in [6.45, 7) is 2.67. The van der Waals surface area contributed by atoms with E-state index in [1.54, 1.807) is 17.7 Å². The average Bonchev–Trinajstić information content (AvgIpc) is 3.44. The SMILES string of the molecule is CS(=O)(=O)OC[C@H]1CCc2sc3ncnc(OC4CCC(N5CCCC5)CC4)c3c21. The van der Waals surface area contributed by atoms with Crippen LogP contribution in [0.5, 0.6) is 5.88 Å². The number of aryl methyl sites for hydroxylation is 1. The molecular weight excluding hydrogens is 422 g/mol. The molecule has 1 saturated carbocycles. The lowest BCUT2D eigenvalue weighted by Gasteiger charge is -2.34. The zero-order valence-electron chi connectivity index (χ0n) is 17.4. The van der Waals surface area contributed by atoms with Crippen molar-refractivity contribution >= 4 is 31.7 Å². The molecule has 30 heavy (non-hydrogen) atoms. The maximum atomic E-state index is 11.5. The number of thiophene rings is 1. The van der Waals surface area contributed by atoms with E-state index in [9.17, 15) is 8.42 Å². The summed E-state index contributed by atoms with van der Waals surface area (Å²) in [6, 6.07) is 0.709. The Kier molecular flexibility index (Phi) is 5.72. The molecule has 0 spiro atoms. The fourth-order valence-electron chi connectivity index (χ4n) is 5.29. The number of aromatic nitrogens is 2. The predicted octanol–water partition coefficient (Wildman–Crippen LogP) is 3.48. The van der Waals surface area contributed by atoms with Gasteiger partial charge >= 0.3 is 0 Å². The standard InChI is InChI=1S/C21H29N3O4S2/c1-30(25,26)27-12-14-4-9-17-18(14)19-20(22-13-23-21(19)29-17)28-16-7-5-15(6-8-16)24-10-2-3-11-24/h13-16H,2-12H2,1H3/t14-,15?,16?/m1/s1. The molecular formula is C21H29N3O4S2. The van der Waals surface area contributed by atoms with Gasteiger partial charge in [0.1, 0.15) is 17.3 Å². The van der Waals surface area contributed by atoms with E-state index in [-0.39, 0.29) is 18.6 Å². The van der Waals surface area contributed by atoms with Gasteiger partial charge in [0.2, 0.25) is 5.88 Å². The first-order valence-electron chi connectivity index (χ1n) is 11.0. The first-order chi connectivity index (χ1) is 14.5. The molecule has 1 saturated heterocycles. The number of hydrogen-bond acceptors (Lipinski definition) is 8. The highest BCUT2D eigenvalue weighted by Crippen LogP contribution is 2.46. The van der Waals surface area contributed by atoms with Crippen molar-refractivity contribution in [2.45, 2.75) is 69.4 Å². The lowest BCUT2D eigenvalue weighted by atomic mass is 9.92. The Morgan fingerprint density at radius 1 is 1.13 bits per heavy atom. The Hall–Kier alpha value is -1.29. The van der Waals surface area contributed by atoms with E-state index in [0.717, 1.165) is 47.7 Å². The Bertz CT molecular complexity index is 1010. The van der Waals surface area contributed by atoms with Crippen LogP contribution in [-0.4, -0.2) is 61.4 Å². The van der Waals surface area contributed by atoms with Crippen molar-refractivity contribution in [2.75, 3.05) is 26.0 Å². The number of fused-ring (bicyclic) bond motifs is 3. The van der Waals surface area contributed by atoms with Crippen LogP contribution in [0.15, 0.2) is 6.33 Å². The number of likely N-dealkylation sites (tertiary alicyclic amines) is 1. The van der Waals surface area contributed by atoms with E-state index in [1.807, 2.05) is 0 Å². The van der Waals surface area contributed by atoms with Crippen LogP contribution in [0.2, 0.25) is 0 Å². The minimum Gasteiger partial charge on any atom is -0.474 e. The van der Waals surface area contributed by atoms with Gasteiger partial charge in [0.05, 0.1) is 18.2 Å².